The molecule has 33 heavy (non-hydrogen) atoms. The highest BCUT2D eigenvalue weighted by molar-refractivity contribution is 7.92. The van der Waals surface area contributed by atoms with Crippen LogP contribution < -0.4 is 9.62 Å². The van der Waals surface area contributed by atoms with Crippen LogP contribution in [0.5, 0.6) is 5.75 Å². The van der Waals surface area contributed by atoms with E-state index in [0.717, 1.165) is 16.5 Å². The van der Waals surface area contributed by atoms with Gasteiger partial charge in [0.25, 0.3) is 10.0 Å². The zero-order valence-corrected chi connectivity index (χ0v) is 20.0. The van der Waals surface area contributed by atoms with Crippen molar-refractivity contribution in [3.8, 4) is 5.75 Å². The molecule has 1 aliphatic heterocycles. The van der Waals surface area contributed by atoms with Gasteiger partial charge in [0.1, 0.15) is 5.75 Å². The van der Waals surface area contributed by atoms with E-state index in [4.69, 9.17) is 0 Å². The first-order chi connectivity index (χ1) is 15.5. The minimum atomic E-state index is -3.93. The fourth-order valence-electron chi connectivity index (χ4n) is 4.69. The lowest BCUT2D eigenvalue weighted by Gasteiger charge is -2.23. The molecule has 4 rings (SSSR count). The molecule has 1 saturated heterocycles. The Balaban J connectivity index is 1.78. The Labute approximate surface area is 193 Å². The summed E-state index contributed by atoms with van der Waals surface area (Å²) in [5.41, 5.74) is 3.45. The van der Waals surface area contributed by atoms with Gasteiger partial charge in [-0.3, -0.25) is 9.52 Å². The Morgan fingerprint density at radius 1 is 0.970 bits per heavy atom. The van der Waals surface area contributed by atoms with Gasteiger partial charge in [0.05, 0.1) is 16.5 Å². The molecule has 0 saturated carbocycles. The highest BCUT2D eigenvalue weighted by Gasteiger charge is 2.30. The van der Waals surface area contributed by atoms with Crippen LogP contribution in [0.2, 0.25) is 0 Å². The normalized spacial score (nSPS) is 16.4. The monoisotopic (exact) mass is 468 g/mol. The second-order valence-electron chi connectivity index (χ2n) is 8.73. The molecular weight excluding hydrogens is 440 g/mol. The van der Waals surface area contributed by atoms with Crippen molar-refractivity contribution >= 4 is 38.1 Å². The van der Waals surface area contributed by atoms with Gasteiger partial charge in [-0.2, -0.15) is 0 Å². The zero-order valence-electron chi connectivity index (χ0n) is 19.1. The van der Waals surface area contributed by atoms with Crippen LogP contribution in [0.1, 0.15) is 28.7 Å². The third-order valence-corrected chi connectivity index (χ3v) is 8.45. The number of nitrogens with one attached hydrogen (secondary N) is 1. The number of carboxylic acids is 1. The standard InChI is InChI=1S/C25H28N2O5S/c1-14-16(3)24(17(4)15(2)23(14)28)33(31,32)26-21-9-10-22(20-8-6-5-7-19(20)21)27-12-11-18(13-27)25(29)30/h5-10,18,26,28H,11-13H2,1-4H3,(H,29,30). The van der Waals surface area contributed by atoms with Crippen LogP contribution in [-0.2, 0) is 14.8 Å². The smallest absolute Gasteiger partial charge is 0.308 e. The SMILES string of the molecule is Cc1c(C)c(S(=O)(=O)Nc2ccc(N3CCC(C(=O)O)C3)c3ccccc23)c(C)c(C)c1O. The van der Waals surface area contributed by atoms with E-state index in [1.165, 1.54) is 0 Å². The van der Waals surface area contributed by atoms with Crippen molar-refractivity contribution in [1.29, 1.82) is 0 Å². The highest BCUT2D eigenvalue weighted by atomic mass is 32.2. The molecule has 3 N–H and O–H groups in total. The van der Waals surface area contributed by atoms with Crippen LogP contribution in [0.15, 0.2) is 41.3 Å². The number of benzene rings is 3. The zero-order chi connectivity index (χ0) is 24.1. The summed E-state index contributed by atoms with van der Waals surface area (Å²) in [6.07, 6.45) is 0.580. The van der Waals surface area contributed by atoms with E-state index in [1.54, 1.807) is 33.8 Å². The number of aromatic hydroxyl groups is 1. The van der Waals surface area contributed by atoms with E-state index in [9.17, 15) is 23.4 Å². The fraction of sp³-hybridized carbons (Fsp3) is 0.320. The highest BCUT2D eigenvalue weighted by Crippen LogP contribution is 2.38. The van der Waals surface area contributed by atoms with Gasteiger partial charge in [-0.25, -0.2) is 8.42 Å². The molecule has 1 atom stereocenters. The second kappa shape index (κ2) is 8.26. The minimum Gasteiger partial charge on any atom is -0.507 e. The largest absolute Gasteiger partial charge is 0.507 e. The Bertz CT molecular complexity index is 1350. The first-order valence-electron chi connectivity index (χ1n) is 10.8. The number of fused-ring (bicyclic) bond motifs is 1. The van der Waals surface area contributed by atoms with Gasteiger partial charge in [-0.1, -0.05) is 24.3 Å². The molecule has 3 aromatic carbocycles. The molecule has 1 unspecified atom stereocenters. The fourth-order valence-corrected chi connectivity index (χ4v) is 6.37. The van der Waals surface area contributed by atoms with E-state index in [1.807, 2.05) is 35.2 Å². The first kappa shape index (κ1) is 22.9. The Hall–Kier alpha value is -3.26. The van der Waals surface area contributed by atoms with Crippen molar-refractivity contribution in [2.45, 2.75) is 39.0 Å². The van der Waals surface area contributed by atoms with Gasteiger partial charge in [-0.05, 0) is 68.5 Å². The molecule has 0 aliphatic carbocycles. The number of anilines is 2. The predicted molar refractivity (Wildman–Crippen MR) is 130 cm³/mol. The molecule has 0 aromatic heterocycles. The molecule has 1 aliphatic rings. The second-order valence-corrected chi connectivity index (χ2v) is 10.4. The average molecular weight is 469 g/mol. The quantitative estimate of drug-likeness (QED) is 0.509. The number of carbonyl (C=O) groups is 1. The summed E-state index contributed by atoms with van der Waals surface area (Å²) in [4.78, 5) is 13.6. The van der Waals surface area contributed by atoms with Crippen molar-refractivity contribution in [1.82, 2.24) is 0 Å². The Kier molecular flexibility index (Phi) is 5.74. The predicted octanol–water partition coefficient (Wildman–Crippen LogP) is 4.49. The van der Waals surface area contributed by atoms with Gasteiger partial charge in [0.15, 0.2) is 0 Å². The molecule has 0 spiro atoms. The lowest BCUT2D eigenvalue weighted by Crippen LogP contribution is -2.23. The Morgan fingerprint density at radius 2 is 1.58 bits per heavy atom. The Morgan fingerprint density at radius 3 is 2.15 bits per heavy atom. The molecule has 174 valence electrons. The number of hydrogen-bond acceptors (Lipinski definition) is 5. The van der Waals surface area contributed by atoms with Crippen molar-refractivity contribution in [3.63, 3.8) is 0 Å². The number of aliphatic carboxylic acids is 1. The van der Waals surface area contributed by atoms with Crippen molar-refractivity contribution in [2.75, 3.05) is 22.7 Å². The van der Waals surface area contributed by atoms with E-state index >= 15 is 0 Å². The number of phenolic OH excluding ortho intramolecular Hbond substituents is 1. The van der Waals surface area contributed by atoms with Crippen LogP contribution in [0, 0.1) is 33.6 Å². The van der Waals surface area contributed by atoms with Crippen LogP contribution >= 0.6 is 0 Å². The maximum absolute atomic E-state index is 13.5. The van der Waals surface area contributed by atoms with Gasteiger partial charge in [0.2, 0.25) is 0 Å². The first-order valence-corrected chi connectivity index (χ1v) is 12.3. The number of sulfonamides is 1. The third kappa shape index (κ3) is 3.88. The molecule has 0 bridgehead atoms. The molecule has 3 aromatic rings. The van der Waals surface area contributed by atoms with Crippen LogP contribution in [0.4, 0.5) is 11.4 Å². The molecule has 7 nitrogen and oxygen atoms in total. The topological polar surface area (TPSA) is 107 Å². The van der Waals surface area contributed by atoms with Gasteiger partial charge < -0.3 is 15.1 Å². The lowest BCUT2D eigenvalue weighted by molar-refractivity contribution is -0.140. The summed E-state index contributed by atoms with van der Waals surface area (Å²) in [6.45, 7) is 7.87. The average Bonchev–Trinajstić information content (AvgIpc) is 3.27. The van der Waals surface area contributed by atoms with Gasteiger partial charge in [-0.15, -0.1) is 0 Å². The molecule has 0 amide bonds. The maximum Gasteiger partial charge on any atom is 0.308 e. The number of nitrogens with zero attached hydrogens (tertiary/aromatic N) is 1. The summed E-state index contributed by atoms with van der Waals surface area (Å²) in [5, 5.41) is 21.3. The van der Waals surface area contributed by atoms with Crippen molar-refractivity contribution < 1.29 is 23.4 Å². The summed E-state index contributed by atoms with van der Waals surface area (Å²) < 4.78 is 29.7. The molecule has 8 heteroatoms. The molecule has 1 heterocycles. The number of hydrogen-bond donors (Lipinski definition) is 3. The number of carboxylic acid groups (broad SMARTS) is 1. The summed E-state index contributed by atoms with van der Waals surface area (Å²) >= 11 is 0. The minimum absolute atomic E-state index is 0.115. The van der Waals surface area contributed by atoms with Crippen LogP contribution in [-0.4, -0.2) is 37.7 Å². The lowest BCUT2D eigenvalue weighted by atomic mass is 10.00. The summed E-state index contributed by atoms with van der Waals surface area (Å²) in [5.74, 6) is -1.09. The van der Waals surface area contributed by atoms with Gasteiger partial charge in [0, 0.05) is 29.5 Å². The van der Waals surface area contributed by atoms with E-state index < -0.39 is 21.9 Å². The van der Waals surface area contributed by atoms with E-state index in [0.29, 0.717) is 47.5 Å². The summed E-state index contributed by atoms with van der Waals surface area (Å²) in [6, 6.07) is 11.1. The van der Waals surface area contributed by atoms with Crippen LogP contribution in [0.25, 0.3) is 10.8 Å². The number of rotatable bonds is 5. The van der Waals surface area contributed by atoms with E-state index in [-0.39, 0.29) is 10.6 Å². The maximum atomic E-state index is 13.5. The van der Waals surface area contributed by atoms with Crippen LogP contribution in [0.3, 0.4) is 0 Å². The molecule has 1 fully saturated rings. The third-order valence-electron chi connectivity index (χ3n) is 6.81. The number of phenols is 1. The molecular formula is C25H28N2O5S. The van der Waals surface area contributed by atoms with E-state index in [2.05, 4.69) is 4.72 Å². The van der Waals surface area contributed by atoms with Gasteiger partial charge >= 0.3 is 5.97 Å². The molecule has 0 radical (unpaired) electrons. The van der Waals surface area contributed by atoms with Crippen molar-refractivity contribution in [2.24, 2.45) is 5.92 Å². The van der Waals surface area contributed by atoms with Crippen molar-refractivity contribution in [3.05, 3.63) is 58.7 Å². The summed E-state index contributed by atoms with van der Waals surface area (Å²) in [7, 11) is -3.93.